The van der Waals surface area contributed by atoms with Gasteiger partial charge in [-0.1, -0.05) is 6.92 Å². The monoisotopic (exact) mass is 213 g/mol. The van der Waals surface area contributed by atoms with E-state index in [4.69, 9.17) is 10.2 Å². The molecular weight excluding hydrogens is 198 g/mol. The van der Waals surface area contributed by atoms with Gasteiger partial charge in [-0.05, 0) is 25.0 Å². The second-order valence-corrected chi connectivity index (χ2v) is 4.33. The van der Waals surface area contributed by atoms with Crippen molar-refractivity contribution in [2.45, 2.75) is 31.3 Å². The molecule has 3 nitrogen and oxygen atoms in total. The van der Waals surface area contributed by atoms with Crippen LogP contribution < -0.4 is 5.73 Å². The van der Waals surface area contributed by atoms with E-state index in [2.05, 4.69) is 0 Å². The second kappa shape index (κ2) is 5.10. The van der Waals surface area contributed by atoms with Crippen LogP contribution in [0.4, 0.5) is 0 Å². The number of hydrogen-bond acceptors (Lipinski definition) is 3. The van der Waals surface area contributed by atoms with Gasteiger partial charge in [0.2, 0.25) is 5.91 Å². The van der Waals surface area contributed by atoms with E-state index in [0.29, 0.717) is 5.75 Å². The van der Waals surface area contributed by atoms with Gasteiger partial charge < -0.3 is 10.2 Å². The standard InChI is InChI=1S/C10H15NO2S/c1-3-9(10(11)12)14-6-8-7(2)4-5-13-8/h4-5,9H,3,6H2,1-2H3,(H2,11,12). The largest absolute Gasteiger partial charge is 0.468 e. The summed E-state index contributed by atoms with van der Waals surface area (Å²) in [5.41, 5.74) is 6.36. The van der Waals surface area contributed by atoms with Gasteiger partial charge in [0.15, 0.2) is 0 Å². The Bertz CT molecular complexity index is 309. The number of amides is 1. The molecule has 0 aliphatic carbocycles. The van der Waals surface area contributed by atoms with Crippen LogP contribution in [-0.4, -0.2) is 11.2 Å². The molecule has 1 aromatic heterocycles. The van der Waals surface area contributed by atoms with Crippen LogP contribution in [0.25, 0.3) is 0 Å². The summed E-state index contributed by atoms with van der Waals surface area (Å²) in [6.45, 7) is 3.95. The highest BCUT2D eigenvalue weighted by Crippen LogP contribution is 2.22. The highest BCUT2D eigenvalue weighted by molar-refractivity contribution is 7.99. The van der Waals surface area contributed by atoms with Gasteiger partial charge in [0, 0.05) is 0 Å². The number of thioether (sulfide) groups is 1. The molecule has 0 aliphatic rings. The molecule has 0 radical (unpaired) electrons. The Morgan fingerprint density at radius 2 is 2.43 bits per heavy atom. The van der Waals surface area contributed by atoms with Crippen molar-refractivity contribution in [3.05, 3.63) is 23.7 Å². The van der Waals surface area contributed by atoms with Crippen LogP contribution in [0, 0.1) is 6.92 Å². The van der Waals surface area contributed by atoms with Gasteiger partial charge in [0.1, 0.15) is 5.76 Å². The Morgan fingerprint density at radius 1 is 1.71 bits per heavy atom. The average Bonchev–Trinajstić information content (AvgIpc) is 2.52. The molecule has 1 rings (SSSR count). The molecule has 14 heavy (non-hydrogen) atoms. The van der Waals surface area contributed by atoms with Crippen LogP contribution in [0.1, 0.15) is 24.7 Å². The number of carbonyl (C=O) groups is 1. The molecule has 0 aromatic carbocycles. The number of carbonyl (C=O) groups excluding carboxylic acids is 1. The minimum absolute atomic E-state index is 0.112. The maximum atomic E-state index is 10.9. The first-order chi connectivity index (χ1) is 6.65. The van der Waals surface area contributed by atoms with E-state index in [0.717, 1.165) is 17.7 Å². The van der Waals surface area contributed by atoms with Crippen molar-refractivity contribution >= 4 is 17.7 Å². The molecule has 1 heterocycles. The fraction of sp³-hybridized carbons (Fsp3) is 0.500. The first kappa shape index (κ1) is 11.2. The number of aryl methyl sites for hydroxylation is 1. The number of hydrogen-bond donors (Lipinski definition) is 1. The van der Waals surface area contributed by atoms with E-state index in [9.17, 15) is 4.79 Å². The van der Waals surface area contributed by atoms with Crippen LogP contribution in [0.15, 0.2) is 16.7 Å². The van der Waals surface area contributed by atoms with E-state index in [1.807, 2.05) is 19.9 Å². The normalized spacial score (nSPS) is 12.7. The topological polar surface area (TPSA) is 56.2 Å². The average molecular weight is 213 g/mol. The third kappa shape index (κ3) is 2.80. The van der Waals surface area contributed by atoms with Gasteiger partial charge >= 0.3 is 0 Å². The molecule has 78 valence electrons. The number of rotatable bonds is 5. The summed E-state index contributed by atoms with van der Waals surface area (Å²) in [5.74, 6) is 1.39. The van der Waals surface area contributed by atoms with Gasteiger partial charge in [-0.25, -0.2) is 0 Å². The summed E-state index contributed by atoms with van der Waals surface area (Å²) < 4.78 is 5.27. The number of nitrogens with two attached hydrogens (primary N) is 1. The minimum atomic E-state index is -0.248. The first-order valence-corrected chi connectivity index (χ1v) is 5.64. The van der Waals surface area contributed by atoms with E-state index in [1.165, 1.54) is 11.8 Å². The lowest BCUT2D eigenvalue weighted by Crippen LogP contribution is -2.25. The van der Waals surface area contributed by atoms with Gasteiger partial charge in [0.05, 0.1) is 17.3 Å². The molecule has 1 aromatic rings. The summed E-state index contributed by atoms with van der Waals surface area (Å²) >= 11 is 1.53. The van der Waals surface area contributed by atoms with Gasteiger partial charge in [-0.3, -0.25) is 4.79 Å². The quantitative estimate of drug-likeness (QED) is 0.814. The van der Waals surface area contributed by atoms with Crippen molar-refractivity contribution < 1.29 is 9.21 Å². The SMILES string of the molecule is CCC(SCc1occc1C)C(N)=O. The summed E-state index contributed by atoms with van der Waals surface area (Å²) in [6, 6.07) is 1.92. The maximum Gasteiger partial charge on any atom is 0.230 e. The predicted molar refractivity (Wildman–Crippen MR) is 58.0 cm³/mol. The van der Waals surface area contributed by atoms with E-state index in [-0.39, 0.29) is 11.2 Å². The van der Waals surface area contributed by atoms with Crippen LogP contribution in [0.3, 0.4) is 0 Å². The Morgan fingerprint density at radius 3 is 2.86 bits per heavy atom. The van der Waals surface area contributed by atoms with E-state index < -0.39 is 0 Å². The van der Waals surface area contributed by atoms with Crippen LogP contribution in [0.5, 0.6) is 0 Å². The Hall–Kier alpha value is -0.900. The van der Waals surface area contributed by atoms with Gasteiger partial charge in [-0.2, -0.15) is 0 Å². The van der Waals surface area contributed by atoms with E-state index >= 15 is 0 Å². The number of furan rings is 1. The third-order valence-electron chi connectivity index (χ3n) is 2.07. The zero-order chi connectivity index (χ0) is 10.6. The second-order valence-electron chi connectivity index (χ2n) is 3.14. The molecule has 2 N–H and O–H groups in total. The van der Waals surface area contributed by atoms with Crippen LogP contribution >= 0.6 is 11.8 Å². The predicted octanol–water partition coefficient (Wildman–Crippen LogP) is 2.09. The number of primary amides is 1. The Labute approximate surface area is 88.0 Å². The van der Waals surface area contributed by atoms with Crippen molar-refractivity contribution in [2.75, 3.05) is 0 Å². The smallest absolute Gasteiger partial charge is 0.230 e. The molecule has 4 heteroatoms. The fourth-order valence-corrected chi connectivity index (χ4v) is 2.18. The highest BCUT2D eigenvalue weighted by atomic mass is 32.2. The fourth-order valence-electron chi connectivity index (χ4n) is 1.13. The van der Waals surface area contributed by atoms with Crippen molar-refractivity contribution in [1.82, 2.24) is 0 Å². The van der Waals surface area contributed by atoms with E-state index in [1.54, 1.807) is 6.26 Å². The highest BCUT2D eigenvalue weighted by Gasteiger charge is 2.14. The van der Waals surface area contributed by atoms with Crippen LogP contribution in [0.2, 0.25) is 0 Å². The third-order valence-corrected chi connectivity index (χ3v) is 3.47. The molecule has 1 atom stereocenters. The lowest BCUT2D eigenvalue weighted by molar-refractivity contribution is -0.117. The first-order valence-electron chi connectivity index (χ1n) is 4.59. The zero-order valence-electron chi connectivity index (χ0n) is 8.45. The lowest BCUT2D eigenvalue weighted by Gasteiger charge is -2.08. The molecule has 0 fully saturated rings. The van der Waals surface area contributed by atoms with Crippen LogP contribution in [-0.2, 0) is 10.5 Å². The molecule has 0 saturated carbocycles. The summed E-state index contributed by atoms with van der Waals surface area (Å²) in [4.78, 5) is 10.9. The molecule has 0 saturated heterocycles. The molecule has 1 unspecified atom stereocenters. The Balaban J connectivity index is 2.47. The molecule has 0 aliphatic heterocycles. The van der Waals surface area contributed by atoms with Crippen molar-refractivity contribution in [3.63, 3.8) is 0 Å². The van der Waals surface area contributed by atoms with Crippen molar-refractivity contribution in [2.24, 2.45) is 5.73 Å². The van der Waals surface area contributed by atoms with Crippen molar-refractivity contribution in [1.29, 1.82) is 0 Å². The zero-order valence-corrected chi connectivity index (χ0v) is 9.26. The molecule has 0 bridgehead atoms. The summed E-state index contributed by atoms with van der Waals surface area (Å²) in [5, 5.41) is -0.112. The molecular formula is C10H15NO2S. The lowest BCUT2D eigenvalue weighted by atomic mass is 10.3. The van der Waals surface area contributed by atoms with Crippen molar-refractivity contribution in [3.8, 4) is 0 Å². The molecule has 0 spiro atoms. The summed E-state index contributed by atoms with van der Waals surface area (Å²) in [6.07, 6.45) is 2.43. The van der Waals surface area contributed by atoms with Gasteiger partial charge in [-0.15, -0.1) is 11.8 Å². The molecule has 1 amide bonds. The summed E-state index contributed by atoms with van der Waals surface area (Å²) in [7, 11) is 0. The maximum absolute atomic E-state index is 10.9. The minimum Gasteiger partial charge on any atom is -0.468 e. The Kier molecular flexibility index (Phi) is 4.07. The van der Waals surface area contributed by atoms with Gasteiger partial charge in [0.25, 0.3) is 0 Å².